The fraction of sp³-hybridized carbons (Fsp3) is 0.800. The molecule has 9 heteroatoms. The third kappa shape index (κ3) is 3.61. The van der Waals surface area contributed by atoms with E-state index in [1.807, 2.05) is 51.2 Å². The van der Waals surface area contributed by atoms with E-state index in [1.165, 1.54) is 8.42 Å². The van der Waals surface area contributed by atoms with E-state index < -0.39 is 11.6 Å². The lowest BCUT2D eigenvalue weighted by Crippen LogP contribution is -2.44. The molecular formula is C15H20O4S5. The number of fused-ring (bicyclic) bond motifs is 1. The normalized spacial score (nSPS) is 37.5. The van der Waals surface area contributed by atoms with Crippen molar-refractivity contribution in [1.29, 1.82) is 0 Å². The largest absolute Gasteiger partial charge is 0.348 e. The van der Waals surface area contributed by atoms with Gasteiger partial charge >= 0.3 is 0 Å². The minimum Gasteiger partial charge on any atom is -0.348 e. The molecule has 0 radical (unpaired) electrons. The van der Waals surface area contributed by atoms with E-state index in [0.29, 0.717) is 13.2 Å². The second-order valence-electron chi connectivity index (χ2n) is 6.93. The highest BCUT2D eigenvalue weighted by Gasteiger charge is 2.49. The zero-order valence-corrected chi connectivity index (χ0v) is 18.0. The van der Waals surface area contributed by atoms with Gasteiger partial charge in [-0.1, -0.05) is 12.2 Å². The van der Waals surface area contributed by atoms with Gasteiger partial charge in [0.2, 0.25) is 0 Å². The van der Waals surface area contributed by atoms with Crippen LogP contribution in [0.25, 0.3) is 0 Å². The number of hydrogen-bond acceptors (Lipinski definition) is 9. The molecule has 2 saturated heterocycles. The van der Waals surface area contributed by atoms with Gasteiger partial charge in [-0.25, -0.2) is 0 Å². The Morgan fingerprint density at radius 3 is 1.58 bits per heavy atom. The average molecular weight is 425 g/mol. The minimum absolute atomic E-state index is 0.0450. The fourth-order valence-electron chi connectivity index (χ4n) is 3.11. The van der Waals surface area contributed by atoms with Gasteiger partial charge in [-0.3, -0.25) is 0 Å². The molecule has 0 aliphatic carbocycles. The third-order valence-electron chi connectivity index (χ3n) is 4.12. The Balaban J connectivity index is 1.62. The highest BCUT2D eigenvalue weighted by molar-refractivity contribution is 8.09. The van der Waals surface area contributed by atoms with Crippen LogP contribution in [0.2, 0.25) is 0 Å². The molecule has 3 aliphatic heterocycles. The molecule has 4 nitrogen and oxygen atoms in total. The number of rotatable bonds is 2. The Labute approximate surface area is 163 Å². The van der Waals surface area contributed by atoms with Crippen LogP contribution in [0.15, 0.2) is 8.42 Å². The maximum atomic E-state index is 6.18. The van der Waals surface area contributed by atoms with Crippen LogP contribution in [-0.4, -0.2) is 47.5 Å². The predicted octanol–water partition coefficient (Wildman–Crippen LogP) is 4.78. The summed E-state index contributed by atoms with van der Waals surface area (Å²) < 4.78 is 27.6. The van der Waals surface area contributed by atoms with E-state index in [2.05, 4.69) is 0 Å². The maximum Gasteiger partial charge on any atom is 0.163 e. The summed E-state index contributed by atoms with van der Waals surface area (Å²) in [7, 11) is 0. The fourth-order valence-corrected chi connectivity index (χ4v) is 10.2. The van der Waals surface area contributed by atoms with Crippen molar-refractivity contribution in [2.24, 2.45) is 0 Å². The Bertz CT molecular complexity index is 627. The predicted molar refractivity (Wildman–Crippen MR) is 102 cm³/mol. The van der Waals surface area contributed by atoms with Gasteiger partial charge in [0, 0.05) is 0 Å². The third-order valence-corrected chi connectivity index (χ3v) is 10.6. The minimum atomic E-state index is -0.520. The SMILES string of the molecule is CC1(C)OC[C@H]([C@H]2Sc3sc(=S)sc3S[C@@H]2[C@H]2COC(C)(C)O2)O1. The molecule has 4 atom stereocenters. The molecule has 0 unspecified atom stereocenters. The van der Waals surface area contributed by atoms with Crippen molar-refractivity contribution < 1.29 is 18.9 Å². The van der Waals surface area contributed by atoms with Crippen molar-refractivity contribution in [3.8, 4) is 0 Å². The monoisotopic (exact) mass is 424 g/mol. The molecule has 1 aromatic rings. The lowest BCUT2D eigenvalue weighted by molar-refractivity contribution is -0.144. The molecule has 4 heterocycles. The molecule has 24 heavy (non-hydrogen) atoms. The van der Waals surface area contributed by atoms with Gasteiger partial charge in [0.25, 0.3) is 0 Å². The van der Waals surface area contributed by atoms with Crippen LogP contribution in [0.1, 0.15) is 27.7 Å². The smallest absolute Gasteiger partial charge is 0.163 e. The topological polar surface area (TPSA) is 36.9 Å². The van der Waals surface area contributed by atoms with Crippen molar-refractivity contribution in [1.82, 2.24) is 0 Å². The zero-order chi connectivity index (χ0) is 17.1. The zero-order valence-electron chi connectivity index (χ0n) is 13.9. The summed E-state index contributed by atoms with van der Waals surface area (Å²) in [4.78, 5) is 0. The lowest BCUT2D eigenvalue weighted by Gasteiger charge is -2.36. The summed E-state index contributed by atoms with van der Waals surface area (Å²) >= 11 is 12.6. The molecule has 2 fully saturated rings. The molecular weight excluding hydrogens is 404 g/mol. The molecule has 4 rings (SSSR count). The standard InChI is InChI=1S/C15H20O4S5/c1-14(2)16-5-7(18-14)9-10(8-6-17-15(3,4)19-8)22-12-11(21-9)23-13(20)24-12/h7-10H,5-6H2,1-4H3/t7-,8-,9-,10-/m1/s1. The first-order valence-corrected chi connectivity index (χ1v) is 11.6. The first kappa shape index (κ1) is 18.2. The van der Waals surface area contributed by atoms with Crippen LogP contribution in [0, 0.1) is 3.14 Å². The van der Waals surface area contributed by atoms with Gasteiger partial charge in [-0.2, -0.15) is 0 Å². The quantitative estimate of drug-likeness (QED) is 0.633. The second-order valence-corrected chi connectivity index (χ2v) is 13.0. The van der Waals surface area contributed by atoms with Crippen LogP contribution >= 0.6 is 58.4 Å². The lowest BCUT2D eigenvalue weighted by atomic mass is 10.1. The van der Waals surface area contributed by atoms with E-state index in [-0.39, 0.29) is 22.7 Å². The molecule has 0 bridgehead atoms. The average Bonchev–Trinajstić information content (AvgIpc) is 3.12. The molecule has 1 aromatic heterocycles. The van der Waals surface area contributed by atoms with E-state index in [0.717, 1.165) is 3.14 Å². The number of hydrogen-bond donors (Lipinski definition) is 0. The summed E-state index contributed by atoms with van der Waals surface area (Å²) in [6.07, 6.45) is 0.0901. The Kier molecular flexibility index (Phi) is 4.89. The Morgan fingerprint density at radius 1 is 0.833 bits per heavy atom. The molecule has 0 saturated carbocycles. The van der Waals surface area contributed by atoms with E-state index >= 15 is 0 Å². The van der Waals surface area contributed by atoms with E-state index in [9.17, 15) is 0 Å². The van der Waals surface area contributed by atoms with E-state index in [4.69, 9.17) is 31.2 Å². The van der Waals surface area contributed by atoms with Crippen LogP contribution in [0.3, 0.4) is 0 Å². The summed E-state index contributed by atoms with van der Waals surface area (Å²) in [5, 5.41) is 0.513. The van der Waals surface area contributed by atoms with Gasteiger partial charge < -0.3 is 18.9 Å². The van der Waals surface area contributed by atoms with Gasteiger partial charge in [-0.15, -0.1) is 46.2 Å². The Hall–Kier alpha value is 0.810. The molecule has 0 N–H and O–H groups in total. The second kappa shape index (κ2) is 6.45. The van der Waals surface area contributed by atoms with Gasteiger partial charge in [0.15, 0.2) is 11.6 Å². The van der Waals surface area contributed by atoms with Gasteiger partial charge in [0.05, 0.1) is 44.3 Å². The number of ether oxygens (including phenoxy) is 4. The van der Waals surface area contributed by atoms with Crippen molar-refractivity contribution in [2.75, 3.05) is 13.2 Å². The van der Waals surface area contributed by atoms with Crippen molar-refractivity contribution in [3.05, 3.63) is 3.14 Å². The molecule has 0 amide bonds. The van der Waals surface area contributed by atoms with Crippen molar-refractivity contribution in [2.45, 2.75) is 70.4 Å². The molecule has 134 valence electrons. The highest BCUT2D eigenvalue weighted by atomic mass is 32.2. The molecule has 0 aromatic carbocycles. The van der Waals surface area contributed by atoms with Crippen LogP contribution in [0.4, 0.5) is 0 Å². The van der Waals surface area contributed by atoms with Crippen LogP contribution in [-0.2, 0) is 18.9 Å². The van der Waals surface area contributed by atoms with E-state index in [1.54, 1.807) is 22.7 Å². The first-order valence-electron chi connectivity index (χ1n) is 7.83. The highest BCUT2D eigenvalue weighted by Crippen LogP contribution is 2.54. The molecule has 3 aliphatic rings. The maximum absolute atomic E-state index is 6.18. The van der Waals surface area contributed by atoms with Gasteiger partial charge in [-0.05, 0) is 27.7 Å². The van der Waals surface area contributed by atoms with Crippen LogP contribution in [0.5, 0.6) is 0 Å². The van der Waals surface area contributed by atoms with Crippen molar-refractivity contribution in [3.63, 3.8) is 0 Å². The summed E-state index contributed by atoms with van der Waals surface area (Å²) in [5.41, 5.74) is 0. The Morgan fingerprint density at radius 2 is 1.25 bits per heavy atom. The summed E-state index contributed by atoms with van der Waals surface area (Å²) in [6, 6.07) is 0. The first-order chi connectivity index (χ1) is 11.2. The number of thioether (sulfide) groups is 2. The van der Waals surface area contributed by atoms with Gasteiger partial charge in [0.1, 0.15) is 3.14 Å². The summed E-state index contributed by atoms with van der Waals surface area (Å²) in [6.45, 7) is 9.12. The summed E-state index contributed by atoms with van der Waals surface area (Å²) in [5.74, 6) is -1.04. The van der Waals surface area contributed by atoms with Crippen LogP contribution < -0.4 is 0 Å². The molecule has 0 spiro atoms. The van der Waals surface area contributed by atoms with Crippen molar-refractivity contribution >= 4 is 58.4 Å².